The number of halogens is 2. The number of thiophene rings is 4. The van der Waals surface area contributed by atoms with E-state index < -0.39 is 0 Å². The van der Waals surface area contributed by atoms with Crippen LogP contribution in [0, 0.1) is 11.6 Å². The van der Waals surface area contributed by atoms with Crippen molar-refractivity contribution in [2.45, 2.75) is 0 Å². The summed E-state index contributed by atoms with van der Waals surface area (Å²) in [5.41, 5.74) is 20.2. The zero-order valence-electron chi connectivity index (χ0n) is 34.7. The molecule has 0 saturated heterocycles. The number of hydrogen-bond donors (Lipinski definition) is 2. The van der Waals surface area contributed by atoms with Gasteiger partial charge < -0.3 is 16.4 Å². The third kappa shape index (κ3) is 9.66. The van der Waals surface area contributed by atoms with Crippen LogP contribution in [0.1, 0.15) is 30.5 Å². The average Bonchev–Trinajstić information content (AvgIpc) is 4.18. The number of aromatic nitrogens is 2. The van der Waals surface area contributed by atoms with Crippen LogP contribution in [0.3, 0.4) is 0 Å². The van der Waals surface area contributed by atoms with E-state index in [0.29, 0.717) is 41.9 Å². The lowest BCUT2D eigenvalue weighted by Gasteiger charge is -2.08. The summed E-state index contributed by atoms with van der Waals surface area (Å²) in [5, 5.41) is 5.57. The number of hydrogen-bond acceptors (Lipinski definition) is 11. The summed E-state index contributed by atoms with van der Waals surface area (Å²) < 4.78 is 26.6. The van der Waals surface area contributed by atoms with Crippen molar-refractivity contribution in [1.29, 1.82) is 0 Å². The highest BCUT2D eigenvalue weighted by Gasteiger charge is 2.24. The maximum atomic E-state index is 13.3. The largest absolute Gasteiger partial charge is 0.397 e. The lowest BCUT2D eigenvalue weighted by Crippen LogP contribution is -2.06. The number of nitrogens with zero attached hydrogens (tertiary/aromatic N) is 3. The Bertz CT molecular complexity index is 3050. The zero-order valence-corrected chi connectivity index (χ0v) is 38.0. The highest BCUT2D eigenvalue weighted by atomic mass is 32.1. The van der Waals surface area contributed by atoms with E-state index in [1.54, 1.807) is 36.8 Å². The quantitative estimate of drug-likeness (QED) is 0.109. The Hall–Kier alpha value is -7.23. The van der Waals surface area contributed by atoms with E-state index in [4.69, 9.17) is 21.4 Å². The molecule has 1 amide bonds. The van der Waals surface area contributed by atoms with Gasteiger partial charge in [0.25, 0.3) is 0 Å². The van der Waals surface area contributed by atoms with Gasteiger partial charge in [-0.05, 0) is 106 Å². The summed E-state index contributed by atoms with van der Waals surface area (Å²) in [6.45, 7) is 0. The number of benzene rings is 4. The fourth-order valence-electron chi connectivity index (χ4n) is 6.84. The second-order valence-corrected chi connectivity index (χ2v) is 18.5. The molecular weight excluding hydrogens is 897 g/mol. The van der Waals surface area contributed by atoms with E-state index in [1.807, 2.05) is 108 Å². The van der Waals surface area contributed by atoms with Gasteiger partial charge >= 0.3 is 0 Å². The molecule has 14 heteroatoms. The van der Waals surface area contributed by atoms with Gasteiger partial charge in [0.2, 0.25) is 18.0 Å². The minimum atomic E-state index is -0.385. The van der Waals surface area contributed by atoms with Gasteiger partial charge in [-0.2, -0.15) is 0 Å². The Morgan fingerprint density at radius 3 is 1.25 bits per heavy atom. The summed E-state index contributed by atoms with van der Waals surface area (Å²) in [6, 6.07) is 43.0. The number of ketones is 2. The van der Waals surface area contributed by atoms with Crippen LogP contribution in [0.2, 0.25) is 0 Å². The maximum Gasteiger partial charge on any atom is 0.209 e. The van der Waals surface area contributed by atoms with Crippen LogP contribution in [0.4, 0.5) is 20.2 Å². The van der Waals surface area contributed by atoms with Crippen molar-refractivity contribution in [1.82, 2.24) is 14.9 Å². The van der Waals surface area contributed by atoms with Gasteiger partial charge in [-0.1, -0.05) is 72.8 Å². The van der Waals surface area contributed by atoms with Gasteiger partial charge in [-0.3, -0.25) is 14.4 Å². The first kappa shape index (κ1) is 44.4. The fraction of sp³-hybridized carbons (Fsp3) is 0.0392. The molecule has 322 valence electrons. The van der Waals surface area contributed by atoms with Crippen LogP contribution in [-0.4, -0.2) is 46.9 Å². The van der Waals surface area contributed by atoms with Crippen molar-refractivity contribution in [2.24, 2.45) is 0 Å². The normalized spacial score (nSPS) is 10.8. The minimum Gasteiger partial charge on any atom is -0.397 e. The van der Waals surface area contributed by atoms with Crippen molar-refractivity contribution in [3.05, 3.63) is 189 Å². The number of carbonyl (C=O) groups excluding carboxylic acids is 3. The summed E-state index contributed by atoms with van der Waals surface area (Å²) >= 11 is 5.78. The van der Waals surface area contributed by atoms with Gasteiger partial charge in [-0.15, -0.1) is 45.3 Å². The van der Waals surface area contributed by atoms with Gasteiger partial charge in [-0.25, -0.2) is 18.7 Å². The summed E-state index contributed by atoms with van der Waals surface area (Å²) in [7, 11) is 3.38. The Morgan fingerprint density at radius 1 is 0.554 bits per heavy atom. The van der Waals surface area contributed by atoms with E-state index in [9.17, 15) is 23.2 Å². The summed E-state index contributed by atoms with van der Waals surface area (Å²) in [6.07, 6.45) is 0.750. The van der Waals surface area contributed by atoms with Gasteiger partial charge in [0.15, 0.2) is 0 Å². The molecule has 0 radical (unpaired) electrons. The standard InChI is InChI=1S/2C24H15FN2OS2.C3H7NO/c2*25-16-10-8-15(9-11-16)22(28)23-21(26)20-17(14-5-2-1-3-6-14)13-18(27-24(20)30-23)19-7-4-12-29-19;1-4(2)3-5/h2*1-13H,26H2;3H,1-2H3. The Balaban J connectivity index is 0.000000161. The Kier molecular flexibility index (Phi) is 13.4. The molecular formula is C51H37F2N5O3S4. The third-order valence-corrected chi connectivity index (χ3v) is 13.9. The van der Waals surface area contributed by atoms with Crippen molar-refractivity contribution >= 4 is 95.1 Å². The number of rotatable bonds is 9. The molecule has 0 unspecified atom stereocenters. The molecule has 0 atom stereocenters. The molecule has 0 bridgehead atoms. The van der Waals surface area contributed by atoms with Gasteiger partial charge in [0.05, 0.1) is 32.5 Å². The average molecular weight is 934 g/mol. The van der Waals surface area contributed by atoms with Crippen LogP contribution in [0.15, 0.2) is 156 Å². The molecule has 10 aromatic rings. The molecule has 8 nitrogen and oxygen atoms in total. The SMILES string of the molecule is CN(C)C=O.Nc1c(C(=O)c2ccc(F)cc2)sc2nc(-c3cccs3)cc(-c3ccccc3)c12.Nc1c(C(=O)c2ccc(F)cc2)sc2nc(-c3cccs3)cc(-c3ccccc3)c12. The molecule has 0 spiro atoms. The first-order chi connectivity index (χ1) is 31.5. The predicted octanol–water partition coefficient (Wildman–Crippen LogP) is 13.0. The molecule has 4 N–H and O–H groups in total. The van der Waals surface area contributed by atoms with E-state index in [-0.39, 0.29) is 23.2 Å². The minimum absolute atomic E-state index is 0.229. The van der Waals surface area contributed by atoms with E-state index in [1.165, 1.54) is 76.1 Å². The highest BCUT2D eigenvalue weighted by Crippen LogP contribution is 2.44. The predicted molar refractivity (Wildman–Crippen MR) is 265 cm³/mol. The molecule has 0 aliphatic rings. The Morgan fingerprint density at radius 2 is 0.923 bits per heavy atom. The van der Waals surface area contributed by atoms with Crippen LogP contribution >= 0.6 is 45.3 Å². The topological polar surface area (TPSA) is 132 Å². The lowest BCUT2D eigenvalue weighted by molar-refractivity contribution is -0.115. The fourth-order valence-corrected chi connectivity index (χ4v) is 10.4. The van der Waals surface area contributed by atoms with Crippen LogP contribution in [0.5, 0.6) is 0 Å². The van der Waals surface area contributed by atoms with Crippen LogP contribution in [0.25, 0.3) is 63.8 Å². The molecule has 6 aromatic heterocycles. The molecule has 0 saturated carbocycles. The first-order valence-electron chi connectivity index (χ1n) is 19.9. The highest BCUT2D eigenvalue weighted by molar-refractivity contribution is 7.22. The number of nitrogen functional groups attached to an aromatic ring is 2. The number of anilines is 2. The van der Waals surface area contributed by atoms with Crippen molar-refractivity contribution < 1.29 is 23.2 Å². The van der Waals surface area contributed by atoms with Crippen molar-refractivity contribution in [2.75, 3.05) is 25.6 Å². The van der Waals surface area contributed by atoms with E-state index in [2.05, 4.69) is 0 Å². The number of carbonyl (C=O) groups is 3. The van der Waals surface area contributed by atoms with E-state index in [0.717, 1.165) is 60.6 Å². The number of nitrogens with two attached hydrogens (primary N) is 2. The number of fused-ring (bicyclic) bond motifs is 2. The molecule has 0 aliphatic carbocycles. The zero-order chi connectivity index (χ0) is 45.6. The molecule has 6 heterocycles. The van der Waals surface area contributed by atoms with Gasteiger partial charge in [0.1, 0.15) is 31.0 Å². The van der Waals surface area contributed by atoms with Crippen LogP contribution in [-0.2, 0) is 4.79 Å². The number of amides is 1. The van der Waals surface area contributed by atoms with Gasteiger partial charge in [0, 0.05) is 36.0 Å². The number of pyridine rings is 2. The van der Waals surface area contributed by atoms with Crippen molar-refractivity contribution in [3.8, 4) is 43.4 Å². The maximum absolute atomic E-state index is 13.3. The second kappa shape index (κ2) is 19.7. The second-order valence-electron chi connectivity index (χ2n) is 14.6. The molecule has 65 heavy (non-hydrogen) atoms. The lowest BCUT2D eigenvalue weighted by atomic mass is 10.00. The molecule has 4 aromatic carbocycles. The first-order valence-corrected chi connectivity index (χ1v) is 23.3. The van der Waals surface area contributed by atoms with E-state index >= 15 is 0 Å². The molecule has 0 aliphatic heterocycles. The molecule has 0 fully saturated rings. The monoisotopic (exact) mass is 933 g/mol. The van der Waals surface area contributed by atoms with Crippen molar-refractivity contribution in [3.63, 3.8) is 0 Å². The summed E-state index contributed by atoms with van der Waals surface area (Å²) in [5.74, 6) is -1.23. The molecule has 10 rings (SSSR count). The Labute approximate surface area is 388 Å². The van der Waals surface area contributed by atoms with Crippen LogP contribution < -0.4 is 11.5 Å². The third-order valence-electron chi connectivity index (χ3n) is 9.95. The smallest absolute Gasteiger partial charge is 0.209 e. The summed E-state index contributed by atoms with van der Waals surface area (Å²) in [4.78, 5) is 51.0.